The zero-order chi connectivity index (χ0) is 16.4. The minimum absolute atomic E-state index is 0.0146. The molecule has 1 N–H and O–H groups in total. The fourth-order valence-corrected chi connectivity index (χ4v) is 3.52. The van der Waals surface area contributed by atoms with E-state index in [0.29, 0.717) is 44.6 Å². The van der Waals surface area contributed by atoms with Crippen LogP contribution in [-0.2, 0) is 4.74 Å². The highest BCUT2D eigenvalue weighted by Crippen LogP contribution is 2.33. The molecule has 23 heavy (non-hydrogen) atoms. The Morgan fingerprint density at radius 3 is 2.43 bits per heavy atom. The van der Waals surface area contributed by atoms with E-state index < -0.39 is 11.7 Å². The van der Waals surface area contributed by atoms with Gasteiger partial charge in [-0.25, -0.2) is 4.79 Å². The van der Waals surface area contributed by atoms with Crippen molar-refractivity contribution in [2.45, 2.75) is 31.5 Å². The largest absolute Gasteiger partial charge is 0.465 e. The van der Waals surface area contributed by atoms with Gasteiger partial charge >= 0.3 is 6.09 Å². The second-order valence-corrected chi connectivity index (χ2v) is 6.43. The summed E-state index contributed by atoms with van der Waals surface area (Å²) in [5.74, 6) is 0.0146. The van der Waals surface area contributed by atoms with Gasteiger partial charge < -0.3 is 19.6 Å². The lowest BCUT2D eigenvalue weighted by molar-refractivity contribution is -0.159. The Kier molecular flexibility index (Phi) is 4.26. The predicted octanol–water partition coefficient (Wildman–Crippen LogP) is 2.06. The highest BCUT2D eigenvalue weighted by atomic mass is 16.5. The number of amides is 2. The van der Waals surface area contributed by atoms with Gasteiger partial charge in [0.05, 0.1) is 18.2 Å². The van der Waals surface area contributed by atoms with Gasteiger partial charge in [-0.2, -0.15) is 0 Å². The first kappa shape index (κ1) is 15.8. The molecule has 2 fully saturated rings. The van der Waals surface area contributed by atoms with Crippen molar-refractivity contribution in [1.29, 1.82) is 0 Å². The van der Waals surface area contributed by atoms with Gasteiger partial charge in [0.2, 0.25) is 0 Å². The number of hydrogen-bond acceptors (Lipinski definition) is 3. The van der Waals surface area contributed by atoms with Crippen molar-refractivity contribution >= 4 is 12.0 Å². The number of piperidine rings is 1. The molecular weight excluding hydrogens is 296 g/mol. The number of nitrogens with zero attached hydrogens (tertiary/aromatic N) is 2. The van der Waals surface area contributed by atoms with E-state index in [-0.39, 0.29) is 12.0 Å². The number of hydrogen-bond donors (Lipinski definition) is 1. The third-order valence-corrected chi connectivity index (χ3v) is 4.66. The van der Waals surface area contributed by atoms with Crippen molar-refractivity contribution in [3.8, 4) is 0 Å². The van der Waals surface area contributed by atoms with Gasteiger partial charge in [0.15, 0.2) is 0 Å². The molecule has 0 aliphatic carbocycles. The molecule has 2 aliphatic rings. The Morgan fingerprint density at radius 2 is 1.83 bits per heavy atom. The van der Waals surface area contributed by atoms with Crippen LogP contribution in [0.3, 0.4) is 0 Å². The van der Waals surface area contributed by atoms with E-state index in [1.807, 2.05) is 42.2 Å². The molecule has 2 aliphatic heterocycles. The summed E-state index contributed by atoms with van der Waals surface area (Å²) in [7, 11) is 0. The number of benzene rings is 1. The number of carboxylic acid groups (broad SMARTS) is 1. The molecule has 0 radical (unpaired) electrons. The average Bonchev–Trinajstić information content (AvgIpc) is 2.54. The number of rotatable bonds is 1. The van der Waals surface area contributed by atoms with Crippen LogP contribution in [0.2, 0.25) is 0 Å². The molecule has 1 atom stereocenters. The number of likely N-dealkylation sites (tertiary alicyclic amines) is 1. The molecule has 2 heterocycles. The third-order valence-electron chi connectivity index (χ3n) is 4.66. The maximum absolute atomic E-state index is 12.7. The summed E-state index contributed by atoms with van der Waals surface area (Å²) in [6, 6.07) is 9.25. The third kappa shape index (κ3) is 3.32. The zero-order valence-electron chi connectivity index (χ0n) is 13.3. The lowest BCUT2D eigenvalue weighted by Crippen LogP contribution is -2.60. The topological polar surface area (TPSA) is 70.1 Å². The molecule has 1 spiro atoms. The SMILES string of the molecule is CC1CN(C(=O)c2ccccc2)CC2(CCN(C(=O)O)CC2)O1. The summed E-state index contributed by atoms with van der Waals surface area (Å²) >= 11 is 0. The first-order valence-electron chi connectivity index (χ1n) is 7.99. The highest BCUT2D eigenvalue weighted by Gasteiger charge is 2.44. The van der Waals surface area contributed by atoms with Gasteiger partial charge in [0, 0.05) is 25.2 Å². The van der Waals surface area contributed by atoms with Gasteiger partial charge in [0.25, 0.3) is 5.91 Å². The Hall–Kier alpha value is -2.08. The second-order valence-electron chi connectivity index (χ2n) is 6.43. The Balaban J connectivity index is 1.73. The lowest BCUT2D eigenvalue weighted by Gasteiger charge is -2.49. The number of ether oxygens (including phenoxy) is 1. The van der Waals surface area contributed by atoms with Crippen LogP contribution in [0, 0.1) is 0 Å². The van der Waals surface area contributed by atoms with Crippen LogP contribution < -0.4 is 0 Å². The van der Waals surface area contributed by atoms with Gasteiger partial charge in [-0.15, -0.1) is 0 Å². The van der Waals surface area contributed by atoms with Gasteiger partial charge in [0.1, 0.15) is 0 Å². The molecule has 0 bridgehead atoms. The van der Waals surface area contributed by atoms with E-state index in [4.69, 9.17) is 9.84 Å². The van der Waals surface area contributed by atoms with Crippen LogP contribution in [-0.4, -0.2) is 64.8 Å². The monoisotopic (exact) mass is 318 g/mol. The van der Waals surface area contributed by atoms with Crippen molar-refractivity contribution in [2.24, 2.45) is 0 Å². The van der Waals surface area contributed by atoms with Crippen LogP contribution in [0.4, 0.5) is 4.79 Å². The van der Waals surface area contributed by atoms with Gasteiger partial charge in [-0.3, -0.25) is 4.79 Å². The summed E-state index contributed by atoms with van der Waals surface area (Å²) in [5.41, 5.74) is 0.258. The lowest BCUT2D eigenvalue weighted by atomic mass is 9.88. The van der Waals surface area contributed by atoms with Crippen molar-refractivity contribution in [3.63, 3.8) is 0 Å². The van der Waals surface area contributed by atoms with E-state index in [0.717, 1.165) is 0 Å². The van der Waals surface area contributed by atoms with Crippen LogP contribution in [0.5, 0.6) is 0 Å². The zero-order valence-corrected chi connectivity index (χ0v) is 13.3. The molecule has 0 aromatic heterocycles. The highest BCUT2D eigenvalue weighted by molar-refractivity contribution is 5.94. The van der Waals surface area contributed by atoms with Crippen molar-refractivity contribution < 1.29 is 19.4 Å². The fraction of sp³-hybridized carbons (Fsp3) is 0.529. The van der Waals surface area contributed by atoms with Crippen molar-refractivity contribution in [2.75, 3.05) is 26.2 Å². The quantitative estimate of drug-likeness (QED) is 0.860. The Labute approximate surface area is 135 Å². The van der Waals surface area contributed by atoms with E-state index in [2.05, 4.69) is 0 Å². The Morgan fingerprint density at radius 1 is 1.17 bits per heavy atom. The van der Waals surface area contributed by atoms with E-state index >= 15 is 0 Å². The minimum Gasteiger partial charge on any atom is -0.465 e. The molecule has 0 saturated carbocycles. The smallest absolute Gasteiger partial charge is 0.407 e. The van der Waals surface area contributed by atoms with E-state index in [1.165, 1.54) is 4.90 Å². The molecule has 2 amide bonds. The van der Waals surface area contributed by atoms with Crippen LogP contribution in [0.1, 0.15) is 30.1 Å². The maximum Gasteiger partial charge on any atom is 0.407 e. The number of carbonyl (C=O) groups excluding carboxylic acids is 1. The number of morpholine rings is 1. The fourth-order valence-electron chi connectivity index (χ4n) is 3.52. The maximum atomic E-state index is 12.7. The molecule has 124 valence electrons. The standard InChI is InChI=1S/C17H22N2O4/c1-13-11-19(15(20)14-5-3-2-4-6-14)12-17(23-13)7-9-18(10-8-17)16(21)22/h2-6,13H,7-12H2,1H3,(H,21,22). The molecule has 6 heteroatoms. The molecule has 1 unspecified atom stereocenters. The van der Waals surface area contributed by atoms with Crippen molar-refractivity contribution in [1.82, 2.24) is 9.80 Å². The summed E-state index contributed by atoms with van der Waals surface area (Å²) in [4.78, 5) is 27.0. The van der Waals surface area contributed by atoms with Crippen LogP contribution in [0.15, 0.2) is 30.3 Å². The molecular formula is C17H22N2O4. The molecule has 1 aromatic carbocycles. The Bertz CT molecular complexity index is 582. The van der Waals surface area contributed by atoms with E-state index in [1.54, 1.807) is 0 Å². The molecule has 1 aromatic rings. The summed E-state index contributed by atoms with van der Waals surface area (Å²) in [6.07, 6.45) is 0.318. The second kappa shape index (κ2) is 6.20. The van der Waals surface area contributed by atoms with Gasteiger partial charge in [-0.05, 0) is 31.9 Å². The summed E-state index contributed by atoms with van der Waals surface area (Å²) < 4.78 is 6.15. The summed E-state index contributed by atoms with van der Waals surface area (Å²) in [6.45, 7) is 3.97. The van der Waals surface area contributed by atoms with Crippen LogP contribution in [0.25, 0.3) is 0 Å². The van der Waals surface area contributed by atoms with E-state index in [9.17, 15) is 9.59 Å². The summed E-state index contributed by atoms with van der Waals surface area (Å²) in [5, 5.41) is 9.09. The minimum atomic E-state index is -0.888. The normalized spacial score (nSPS) is 23.8. The molecule has 3 rings (SSSR count). The molecule has 2 saturated heterocycles. The first-order chi connectivity index (χ1) is 11.0. The predicted molar refractivity (Wildman–Crippen MR) is 84.5 cm³/mol. The van der Waals surface area contributed by atoms with Crippen LogP contribution >= 0.6 is 0 Å². The van der Waals surface area contributed by atoms with Crippen molar-refractivity contribution in [3.05, 3.63) is 35.9 Å². The first-order valence-corrected chi connectivity index (χ1v) is 7.99. The average molecular weight is 318 g/mol. The van der Waals surface area contributed by atoms with Gasteiger partial charge in [-0.1, -0.05) is 18.2 Å². The molecule has 6 nitrogen and oxygen atoms in total. The number of carbonyl (C=O) groups is 2.